The van der Waals surface area contributed by atoms with Gasteiger partial charge in [0.2, 0.25) is 0 Å². The van der Waals surface area contributed by atoms with Crippen molar-refractivity contribution in [3.8, 4) is 0 Å². The van der Waals surface area contributed by atoms with E-state index in [1.54, 1.807) is 24.8 Å². The second kappa shape index (κ2) is 8.22. The van der Waals surface area contributed by atoms with Crippen LogP contribution >= 0.6 is 11.6 Å². The topological polar surface area (TPSA) is 84.9 Å². The molecule has 8 heteroatoms. The number of hydrogen-bond acceptors (Lipinski definition) is 5. The number of esters is 1. The highest BCUT2D eigenvalue weighted by atomic mass is 35.5. The molecule has 0 saturated carbocycles. The number of amides is 2. The van der Waals surface area contributed by atoms with Crippen LogP contribution in [0.2, 0.25) is 5.02 Å². The highest BCUT2D eigenvalue weighted by molar-refractivity contribution is 6.31. The molecule has 1 N–H and O–H groups in total. The summed E-state index contributed by atoms with van der Waals surface area (Å²) in [6.07, 6.45) is 0.306. The number of nitrogens with zero attached hydrogens (tertiary/aromatic N) is 1. The number of hydrogen-bond donors (Lipinski definition) is 1. The Morgan fingerprint density at radius 2 is 1.96 bits per heavy atom. The molecule has 0 aliphatic carbocycles. The van der Waals surface area contributed by atoms with Crippen LogP contribution in [0.1, 0.15) is 32.3 Å². The zero-order valence-electron chi connectivity index (χ0n) is 15.9. The van der Waals surface area contributed by atoms with Crippen LogP contribution in [0.15, 0.2) is 35.4 Å². The summed E-state index contributed by atoms with van der Waals surface area (Å²) in [4.78, 5) is 38.6. The van der Waals surface area contributed by atoms with Crippen LogP contribution in [-0.2, 0) is 25.6 Å². The number of rotatable bonds is 4. The Kier molecular flexibility index (Phi) is 5.93. The maximum absolute atomic E-state index is 12.9. The van der Waals surface area contributed by atoms with Gasteiger partial charge in [0.25, 0.3) is 5.91 Å². The molecular formula is C20H23ClN2O5. The molecule has 0 atom stereocenters. The summed E-state index contributed by atoms with van der Waals surface area (Å²) in [5.74, 6) is -0.847. The van der Waals surface area contributed by atoms with Gasteiger partial charge in [-0.25, -0.2) is 9.59 Å². The smallest absolute Gasteiger partial charge is 0.409 e. The van der Waals surface area contributed by atoms with E-state index in [2.05, 4.69) is 5.32 Å². The highest BCUT2D eigenvalue weighted by Crippen LogP contribution is 2.41. The normalized spacial score (nSPS) is 18.2. The van der Waals surface area contributed by atoms with Crippen molar-refractivity contribution in [2.24, 2.45) is 0 Å². The van der Waals surface area contributed by atoms with E-state index >= 15 is 0 Å². The SMILES string of the molecule is CCOC(=O)N1CCC2(CC1)OC(=O)C(C)=C2C(=O)NCc1ccccc1Cl. The Hall–Kier alpha value is -2.54. The van der Waals surface area contributed by atoms with E-state index in [9.17, 15) is 14.4 Å². The fourth-order valence-corrected chi connectivity index (χ4v) is 3.85. The predicted molar refractivity (Wildman–Crippen MR) is 103 cm³/mol. The van der Waals surface area contributed by atoms with Crippen LogP contribution < -0.4 is 5.32 Å². The molecule has 28 heavy (non-hydrogen) atoms. The number of benzene rings is 1. The Labute approximate surface area is 168 Å². The first kappa shape index (κ1) is 20.2. The van der Waals surface area contributed by atoms with Gasteiger partial charge in [-0.2, -0.15) is 0 Å². The van der Waals surface area contributed by atoms with Gasteiger partial charge in [-0.05, 0) is 25.5 Å². The molecule has 2 aliphatic heterocycles. The third kappa shape index (κ3) is 3.85. The molecule has 2 aliphatic rings. The van der Waals surface area contributed by atoms with Gasteiger partial charge in [-0.1, -0.05) is 29.8 Å². The van der Waals surface area contributed by atoms with Crippen LogP contribution in [0.5, 0.6) is 0 Å². The number of carbonyl (C=O) groups is 3. The minimum absolute atomic E-state index is 0.245. The predicted octanol–water partition coefficient (Wildman–Crippen LogP) is 2.82. The molecular weight excluding hydrogens is 384 g/mol. The molecule has 1 aromatic carbocycles. The fourth-order valence-electron chi connectivity index (χ4n) is 3.65. The Balaban J connectivity index is 1.73. The van der Waals surface area contributed by atoms with Crippen LogP contribution in [0, 0.1) is 0 Å². The van der Waals surface area contributed by atoms with Gasteiger partial charge in [0, 0.05) is 43.1 Å². The first-order chi connectivity index (χ1) is 13.4. The van der Waals surface area contributed by atoms with Crippen LogP contribution in [0.25, 0.3) is 0 Å². The Morgan fingerprint density at radius 3 is 2.61 bits per heavy atom. The number of nitrogens with one attached hydrogen (secondary N) is 1. The molecule has 2 heterocycles. The number of halogens is 1. The molecule has 1 spiro atoms. The molecule has 1 saturated heterocycles. The second-order valence-corrected chi connectivity index (χ2v) is 7.25. The first-order valence-electron chi connectivity index (χ1n) is 9.26. The van der Waals surface area contributed by atoms with Gasteiger partial charge in [-0.15, -0.1) is 0 Å². The summed E-state index contributed by atoms with van der Waals surface area (Å²) in [6.45, 7) is 4.58. The van der Waals surface area contributed by atoms with Crippen LogP contribution in [-0.4, -0.2) is 48.2 Å². The Bertz CT molecular complexity index is 828. The second-order valence-electron chi connectivity index (χ2n) is 6.84. The van der Waals surface area contributed by atoms with Crippen LogP contribution in [0.4, 0.5) is 4.79 Å². The van der Waals surface area contributed by atoms with E-state index in [0.717, 1.165) is 5.56 Å². The van der Waals surface area contributed by atoms with Crippen molar-refractivity contribution in [2.45, 2.75) is 38.8 Å². The maximum atomic E-state index is 12.9. The Morgan fingerprint density at radius 1 is 1.29 bits per heavy atom. The summed E-state index contributed by atoms with van der Waals surface area (Å²) < 4.78 is 10.6. The average molecular weight is 407 g/mol. The molecule has 0 aromatic heterocycles. The lowest BCUT2D eigenvalue weighted by Gasteiger charge is -2.38. The van der Waals surface area contributed by atoms with E-state index in [1.165, 1.54) is 0 Å². The number of likely N-dealkylation sites (tertiary alicyclic amines) is 1. The lowest BCUT2D eigenvalue weighted by atomic mass is 9.83. The van der Waals surface area contributed by atoms with Gasteiger partial charge < -0.3 is 19.7 Å². The van der Waals surface area contributed by atoms with Crippen molar-refractivity contribution < 1.29 is 23.9 Å². The quantitative estimate of drug-likeness (QED) is 0.777. The standard InChI is InChI=1S/C20H23ClN2O5/c1-3-27-19(26)23-10-8-20(9-11-23)16(13(2)18(25)28-20)17(24)22-12-14-6-4-5-7-15(14)21/h4-7H,3,8-12H2,1-2H3,(H,22,24). The lowest BCUT2D eigenvalue weighted by Crippen LogP contribution is -2.50. The summed E-state index contributed by atoms with van der Waals surface area (Å²) in [6, 6.07) is 7.24. The molecule has 0 unspecified atom stereocenters. The van der Waals surface area contributed by atoms with Gasteiger partial charge in [0.1, 0.15) is 5.60 Å². The summed E-state index contributed by atoms with van der Waals surface area (Å²) in [7, 11) is 0. The monoisotopic (exact) mass is 406 g/mol. The molecule has 3 rings (SSSR count). The van der Waals surface area contributed by atoms with E-state index in [0.29, 0.717) is 48.7 Å². The molecule has 7 nitrogen and oxygen atoms in total. The molecule has 0 radical (unpaired) electrons. The molecule has 1 fully saturated rings. The van der Waals surface area contributed by atoms with Crippen molar-refractivity contribution in [1.29, 1.82) is 0 Å². The van der Waals surface area contributed by atoms with Gasteiger partial charge >= 0.3 is 12.1 Å². The van der Waals surface area contributed by atoms with Gasteiger partial charge in [0.15, 0.2) is 0 Å². The highest BCUT2D eigenvalue weighted by Gasteiger charge is 2.51. The summed E-state index contributed by atoms with van der Waals surface area (Å²) in [5, 5.41) is 3.40. The van der Waals surface area contributed by atoms with Crippen molar-refractivity contribution in [2.75, 3.05) is 19.7 Å². The van der Waals surface area contributed by atoms with E-state index in [4.69, 9.17) is 21.1 Å². The fraction of sp³-hybridized carbons (Fsp3) is 0.450. The third-order valence-corrected chi connectivity index (χ3v) is 5.52. The van der Waals surface area contributed by atoms with Crippen molar-refractivity contribution in [3.63, 3.8) is 0 Å². The number of ether oxygens (including phenoxy) is 2. The van der Waals surface area contributed by atoms with Crippen molar-refractivity contribution >= 4 is 29.6 Å². The van der Waals surface area contributed by atoms with Crippen molar-refractivity contribution in [3.05, 3.63) is 46.0 Å². The van der Waals surface area contributed by atoms with E-state index < -0.39 is 17.7 Å². The lowest BCUT2D eigenvalue weighted by molar-refractivity contribution is -0.150. The van der Waals surface area contributed by atoms with E-state index in [-0.39, 0.29) is 12.5 Å². The average Bonchev–Trinajstić information content (AvgIpc) is 2.91. The minimum Gasteiger partial charge on any atom is -0.450 e. The summed E-state index contributed by atoms with van der Waals surface area (Å²) in [5.41, 5.74) is 0.427. The number of piperidine rings is 1. The van der Waals surface area contributed by atoms with Gasteiger partial charge in [0.05, 0.1) is 12.2 Å². The third-order valence-electron chi connectivity index (χ3n) is 5.15. The minimum atomic E-state index is -1.01. The largest absolute Gasteiger partial charge is 0.450 e. The van der Waals surface area contributed by atoms with E-state index in [1.807, 2.05) is 18.2 Å². The molecule has 1 aromatic rings. The first-order valence-corrected chi connectivity index (χ1v) is 9.64. The summed E-state index contributed by atoms with van der Waals surface area (Å²) >= 11 is 6.14. The molecule has 0 bridgehead atoms. The van der Waals surface area contributed by atoms with Crippen molar-refractivity contribution in [1.82, 2.24) is 10.2 Å². The van der Waals surface area contributed by atoms with Gasteiger partial charge in [-0.3, -0.25) is 4.79 Å². The zero-order chi connectivity index (χ0) is 20.3. The maximum Gasteiger partial charge on any atom is 0.409 e. The number of carbonyl (C=O) groups excluding carboxylic acids is 3. The zero-order valence-corrected chi connectivity index (χ0v) is 16.7. The molecule has 2 amide bonds. The molecule has 150 valence electrons. The van der Waals surface area contributed by atoms with Crippen LogP contribution in [0.3, 0.4) is 0 Å².